The molecule has 0 saturated heterocycles. The minimum Gasteiger partial charge on any atom is -0.497 e. The molecule has 0 atom stereocenters. The summed E-state index contributed by atoms with van der Waals surface area (Å²) in [5.74, 6) is 2.14. The molecule has 23 heavy (non-hydrogen) atoms. The van der Waals surface area contributed by atoms with Crippen LogP contribution in [0.25, 0.3) is 28.9 Å². The maximum atomic E-state index is 5.93. The zero-order valence-corrected chi connectivity index (χ0v) is 12.2. The van der Waals surface area contributed by atoms with Gasteiger partial charge in [-0.3, -0.25) is 4.57 Å². The molecule has 0 amide bonds. The van der Waals surface area contributed by atoms with Crippen LogP contribution < -0.4 is 4.74 Å². The molecule has 3 heterocycles. The number of nitrogens with one attached hydrogen (secondary N) is 1. The number of tetrazole rings is 1. The Hall–Kier alpha value is -3.42. The summed E-state index contributed by atoms with van der Waals surface area (Å²) in [6.07, 6.45) is 3.73. The van der Waals surface area contributed by atoms with Gasteiger partial charge in [-0.2, -0.15) is 5.21 Å². The summed E-state index contributed by atoms with van der Waals surface area (Å²) >= 11 is 0. The Morgan fingerprint density at radius 3 is 2.57 bits per heavy atom. The van der Waals surface area contributed by atoms with Crippen molar-refractivity contribution < 1.29 is 9.15 Å². The van der Waals surface area contributed by atoms with Crippen molar-refractivity contribution in [3.8, 4) is 34.6 Å². The van der Waals surface area contributed by atoms with E-state index < -0.39 is 0 Å². The van der Waals surface area contributed by atoms with E-state index in [0.717, 1.165) is 11.3 Å². The molecule has 3 aromatic heterocycles. The average Bonchev–Trinajstić information content (AvgIpc) is 3.34. The highest BCUT2D eigenvalue weighted by molar-refractivity contribution is 5.65. The van der Waals surface area contributed by atoms with Crippen LogP contribution in [0.2, 0.25) is 0 Å². The zero-order chi connectivity index (χ0) is 15.6. The topological polar surface area (TPSA) is 94.7 Å². The van der Waals surface area contributed by atoms with Crippen LogP contribution in [0.3, 0.4) is 0 Å². The van der Waals surface area contributed by atoms with Crippen molar-refractivity contribution in [3.05, 3.63) is 48.8 Å². The van der Waals surface area contributed by atoms with Crippen LogP contribution in [0.4, 0.5) is 0 Å². The second-order valence-corrected chi connectivity index (χ2v) is 4.73. The summed E-state index contributed by atoms with van der Waals surface area (Å²) in [7, 11) is 1.62. The number of ether oxygens (including phenoxy) is 1. The summed E-state index contributed by atoms with van der Waals surface area (Å²) in [6, 6.07) is 11.3. The highest BCUT2D eigenvalue weighted by Gasteiger charge is 2.20. The molecule has 0 unspecified atom stereocenters. The van der Waals surface area contributed by atoms with E-state index in [1.165, 1.54) is 0 Å². The summed E-state index contributed by atoms with van der Waals surface area (Å²) in [5, 5.41) is 14.0. The van der Waals surface area contributed by atoms with E-state index in [2.05, 4.69) is 25.6 Å². The van der Waals surface area contributed by atoms with Crippen molar-refractivity contribution in [2.45, 2.75) is 0 Å². The predicted molar refractivity (Wildman–Crippen MR) is 81.0 cm³/mol. The summed E-state index contributed by atoms with van der Waals surface area (Å²) < 4.78 is 12.9. The van der Waals surface area contributed by atoms with Crippen molar-refractivity contribution in [1.82, 2.24) is 30.2 Å². The number of nitrogens with zero attached hydrogens (tertiary/aromatic N) is 5. The first-order chi connectivity index (χ1) is 11.3. The highest BCUT2D eigenvalue weighted by atomic mass is 16.5. The molecule has 0 aliphatic carbocycles. The molecule has 8 heteroatoms. The second kappa shape index (κ2) is 5.41. The van der Waals surface area contributed by atoms with Crippen molar-refractivity contribution in [2.75, 3.05) is 7.11 Å². The van der Waals surface area contributed by atoms with Gasteiger partial charge in [-0.15, -0.1) is 10.2 Å². The first kappa shape index (κ1) is 13.3. The van der Waals surface area contributed by atoms with Gasteiger partial charge in [-0.05, 0) is 41.6 Å². The van der Waals surface area contributed by atoms with E-state index in [1.807, 2.05) is 53.4 Å². The van der Waals surface area contributed by atoms with Crippen LogP contribution in [0.1, 0.15) is 0 Å². The van der Waals surface area contributed by atoms with Crippen LogP contribution in [0.5, 0.6) is 5.75 Å². The number of benzene rings is 1. The van der Waals surface area contributed by atoms with E-state index in [-0.39, 0.29) is 0 Å². The zero-order valence-electron chi connectivity index (χ0n) is 12.2. The van der Waals surface area contributed by atoms with Crippen LogP contribution in [0.15, 0.2) is 53.2 Å². The highest BCUT2D eigenvalue weighted by Crippen LogP contribution is 2.30. The van der Waals surface area contributed by atoms with Gasteiger partial charge in [0.1, 0.15) is 5.75 Å². The molecule has 8 nitrogen and oxygen atoms in total. The van der Waals surface area contributed by atoms with Gasteiger partial charge in [0.15, 0.2) is 5.69 Å². The largest absolute Gasteiger partial charge is 0.497 e. The number of aromatic nitrogens is 6. The number of rotatable bonds is 4. The van der Waals surface area contributed by atoms with Crippen molar-refractivity contribution in [2.24, 2.45) is 0 Å². The maximum Gasteiger partial charge on any atom is 0.236 e. The first-order valence-corrected chi connectivity index (χ1v) is 6.87. The molecule has 1 aromatic carbocycles. The molecule has 0 spiro atoms. The Balaban J connectivity index is 1.84. The Morgan fingerprint density at radius 1 is 1.13 bits per heavy atom. The summed E-state index contributed by atoms with van der Waals surface area (Å²) in [5.41, 5.74) is 1.34. The van der Waals surface area contributed by atoms with Gasteiger partial charge in [0.05, 0.1) is 7.11 Å². The van der Waals surface area contributed by atoms with Gasteiger partial charge < -0.3 is 9.15 Å². The quantitative estimate of drug-likeness (QED) is 0.621. The molecule has 0 bridgehead atoms. The molecule has 0 radical (unpaired) electrons. The minimum absolute atomic E-state index is 0.372. The van der Waals surface area contributed by atoms with Gasteiger partial charge in [0, 0.05) is 18.0 Å². The van der Waals surface area contributed by atoms with Crippen LogP contribution in [-0.4, -0.2) is 37.3 Å². The molecule has 1 N–H and O–H groups in total. The molecule has 4 aromatic rings. The lowest BCUT2D eigenvalue weighted by Crippen LogP contribution is -1.92. The lowest BCUT2D eigenvalue weighted by atomic mass is 10.2. The predicted octanol–water partition coefficient (Wildman–Crippen LogP) is 2.32. The fraction of sp³-hybridized carbons (Fsp3) is 0.0667. The second-order valence-electron chi connectivity index (χ2n) is 4.73. The maximum absolute atomic E-state index is 5.93. The molecule has 0 saturated carbocycles. The standard InChI is InChI=1S/C15H12N6O2/c1-22-11-6-4-10(5-7-11)14-16-12(13-17-19-20-18-13)15(23-14)21-8-2-3-9-21/h2-9H,1H3,(H,17,18,19,20). The van der Waals surface area contributed by atoms with Gasteiger partial charge in [0.25, 0.3) is 0 Å². The fourth-order valence-electron chi connectivity index (χ4n) is 2.22. The van der Waals surface area contributed by atoms with E-state index in [0.29, 0.717) is 23.3 Å². The first-order valence-electron chi connectivity index (χ1n) is 6.87. The van der Waals surface area contributed by atoms with E-state index in [4.69, 9.17) is 9.15 Å². The number of H-pyrrole nitrogens is 1. The Bertz CT molecular complexity index is 843. The third-order valence-electron chi connectivity index (χ3n) is 3.34. The Kier molecular flexibility index (Phi) is 3.12. The molecule has 4 rings (SSSR count). The number of methoxy groups -OCH3 is 1. The number of hydrogen-bond donors (Lipinski definition) is 1. The molecule has 0 aliphatic heterocycles. The van der Waals surface area contributed by atoms with Crippen molar-refractivity contribution in [1.29, 1.82) is 0 Å². The van der Waals surface area contributed by atoms with Gasteiger partial charge in [-0.1, -0.05) is 0 Å². The van der Waals surface area contributed by atoms with E-state index >= 15 is 0 Å². The molecule has 114 valence electrons. The van der Waals surface area contributed by atoms with Gasteiger partial charge >= 0.3 is 0 Å². The lowest BCUT2D eigenvalue weighted by molar-refractivity contribution is 0.415. The van der Waals surface area contributed by atoms with Crippen LogP contribution in [0, 0.1) is 0 Å². The molecular weight excluding hydrogens is 296 g/mol. The Labute approximate surface area is 130 Å². The summed E-state index contributed by atoms with van der Waals surface area (Å²) in [6.45, 7) is 0. The number of hydrogen-bond acceptors (Lipinski definition) is 6. The monoisotopic (exact) mass is 308 g/mol. The van der Waals surface area contributed by atoms with Crippen molar-refractivity contribution in [3.63, 3.8) is 0 Å². The molecule has 0 aliphatic rings. The third kappa shape index (κ3) is 2.35. The smallest absolute Gasteiger partial charge is 0.236 e. The number of aromatic amines is 1. The number of oxazole rings is 1. The molecular formula is C15H12N6O2. The van der Waals surface area contributed by atoms with Gasteiger partial charge in [0.2, 0.25) is 17.6 Å². The van der Waals surface area contributed by atoms with E-state index in [1.54, 1.807) is 7.11 Å². The SMILES string of the molecule is COc1ccc(-c2nc(-c3nn[nH]n3)c(-n3cccc3)o2)cc1. The van der Waals surface area contributed by atoms with Crippen LogP contribution >= 0.6 is 0 Å². The summed E-state index contributed by atoms with van der Waals surface area (Å²) in [4.78, 5) is 4.52. The average molecular weight is 308 g/mol. The van der Waals surface area contributed by atoms with Crippen molar-refractivity contribution >= 4 is 0 Å². The Morgan fingerprint density at radius 2 is 1.91 bits per heavy atom. The third-order valence-corrected chi connectivity index (χ3v) is 3.34. The minimum atomic E-state index is 0.372. The van der Waals surface area contributed by atoms with Crippen LogP contribution in [-0.2, 0) is 0 Å². The van der Waals surface area contributed by atoms with Gasteiger partial charge in [-0.25, -0.2) is 4.98 Å². The lowest BCUT2D eigenvalue weighted by Gasteiger charge is -2.00. The normalized spacial score (nSPS) is 10.8. The molecule has 0 fully saturated rings. The van der Waals surface area contributed by atoms with E-state index in [9.17, 15) is 0 Å². The fourth-order valence-corrected chi connectivity index (χ4v) is 2.22.